The quantitative estimate of drug-likeness (QED) is 0.822. The molecule has 3 fully saturated rings. The average Bonchev–Trinajstić information content (AvgIpc) is 3.07. The van der Waals surface area contributed by atoms with Crippen molar-refractivity contribution in [2.75, 3.05) is 46.4 Å². The largest absolute Gasteiger partial charge is 0.348 e. The van der Waals surface area contributed by atoms with Crippen molar-refractivity contribution in [1.82, 2.24) is 15.1 Å². The third-order valence-corrected chi connectivity index (χ3v) is 4.82. The molecule has 6 heteroatoms. The minimum atomic E-state index is -0.272. The summed E-state index contributed by atoms with van der Waals surface area (Å²) in [6.45, 7) is 4.85. The number of nitrogens with zero attached hydrogens (tertiary/aromatic N) is 2. The lowest BCUT2D eigenvalue weighted by molar-refractivity contribution is -0.183. The lowest BCUT2D eigenvalue weighted by atomic mass is 9.89. The van der Waals surface area contributed by atoms with Crippen LogP contribution in [0.25, 0.3) is 0 Å². The van der Waals surface area contributed by atoms with E-state index in [4.69, 9.17) is 9.47 Å². The van der Waals surface area contributed by atoms with Gasteiger partial charge in [0.1, 0.15) is 0 Å². The van der Waals surface area contributed by atoms with E-state index < -0.39 is 0 Å². The van der Waals surface area contributed by atoms with Crippen molar-refractivity contribution in [3.8, 4) is 0 Å². The molecule has 1 aliphatic carbocycles. The summed E-state index contributed by atoms with van der Waals surface area (Å²) < 4.78 is 11.5. The third kappa shape index (κ3) is 2.92. The summed E-state index contributed by atoms with van der Waals surface area (Å²) in [6, 6.07) is 0.660. The van der Waals surface area contributed by atoms with Gasteiger partial charge in [-0.3, -0.25) is 0 Å². The number of rotatable bonds is 4. The molecule has 3 aliphatic rings. The summed E-state index contributed by atoms with van der Waals surface area (Å²) in [5.74, 6) is -0.272. The Balaban J connectivity index is 1.42. The number of amides is 2. The second-order valence-electron chi connectivity index (χ2n) is 6.04. The van der Waals surface area contributed by atoms with Crippen molar-refractivity contribution >= 4 is 6.03 Å². The molecular formula is C14H25N3O3. The normalized spacial score (nSPS) is 26.7. The van der Waals surface area contributed by atoms with Crippen molar-refractivity contribution < 1.29 is 14.3 Å². The minimum absolute atomic E-state index is 0.0775. The second kappa shape index (κ2) is 5.87. The van der Waals surface area contributed by atoms with Gasteiger partial charge in [-0.05, 0) is 19.9 Å². The van der Waals surface area contributed by atoms with Crippen LogP contribution in [0.1, 0.15) is 25.7 Å². The fourth-order valence-electron chi connectivity index (χ4n) is 3.45. The molecular weight excluding hydrogens is 258 g/mol. The summed E-state index contributed by atoms with van der Waals surface area (Å²) in [7, 11) is 2.16. The Hall–Kier alpha value is -0.850. The van der Waals surface area contributed by atoms with Crippen LogP contribution in [0.3, 0.4) is 0 Å². The van der Waals surface area contributed by atoms with E-state index in [1.807, 2.05) is 4.90 Å². The molecule has 3 rings (SSSR count). The molecule has 6 nitrogen and oxygen atoms in total. The highest BCUT2D eigenvalue weighted by atomic mass is 16.7. The van der Waals surface area contributed by atoms with Crippen LogP contribution < -0.4 is 5.32 Å². The van der Waals surface area contributed by atoms with Crippen LogP contribution >= 0.6 is 0 Å². The number of carbonyl (C=O) groups excluding carboxylic acids is 1. The summed E-state index contributed by atoms with van der Waals surface area (Å²) in [4.78, 5) is 15.8. The van der Waals surface area contributed by atoms with Crippen molar-refractivity contribution in [3.05, 3.63) is 0 Å². The van der Waals surface area contributed by atoms with Gasteiger partial charge < -0.3 is 24.6 Å². The summed E-state index contributed by atoms with van der Waals surface area (Å²) in [5, 5.41) is 2.84. The summed E-state index contributed by atoms with van der Waals surface area (Å²) >= 11 is 0. The molecule has 1 N–H and O–H groups in total. The molecule has 2 saturated heterocycles. The smallest absolute Gasteiger partial charge is 0.317 e. The molecule has 0 bridgehead atoms. The van der Waals surface area contributed by atoms with E-state index in [-0.39, 0.29) is 11.8 Å². The number of hydrogen-bond acceptors (Lipinski definition) is 4. The van der Waals surface area contributed by atoms with Gasteiger partial charge in [-0.25, -0.2) is 4.79 Å². The van der Waals surface area contributed by atoms with Crippen molar-refractivity contribution in [3.63, 3.8) is 0 Å². The van der Waals surface area contributed by atoms with Crippen molar-refractivity contribution in [2.45, 2.75) is 37.5 Å². The van der Waals surface area contributed by atoms with Gasteiger partial charge in [-0.2, -0.15) is 0 Å². The minimum Gasteiger partial charge on any atom is -0.348 e. The van der Waals surface area contributed by atoms with Gasteiger partial charge in [0.25, 0.3) is 0 Å². The Morgan fingerprint density at radius 2 is 2.05 bits per heavy atom. The molecule has 0 unspecified atom stereocenters. The Morgan fingerprint density at radius 1 is 1.35 bits per heavy atom. The van der Waals surface area contributed by atoms with Crippen LogP contribution in [0.5, 0.6) is 0 Å². The van der Waals surface area contributed by atoms with Gasteiger partial charge in [0.2, 0.25) is 0 Å². The number of hydrogen-bond donors (Lipinski definition) is 1. The molecule has 1 saturated carbocycles. The summed E-state index contributed by atoms with van der Waals surface area (Å²) in [5.41, 5.74) is 0. The second-order valence-corrected chi connectivity index (χ2v) is 6.04. The topological polar surface area (TPSA) is 54.0 Å². The van der Waals surface area contributed by atoms with E-state index in [0.29, 0.717) is 6.04 Å². The lowest BCUT2D eigenvalue weighted by Crippen LogP contribution is -2.45. The highest BCUT2D eigenvalue weighted by Gasteiger charge is 2.41. The van der Waals surface area contributed by atoms with Gasteiger partial charge >= 0.3 is 6.03 Å². The first-order chi connectivity index (χ1) is 9.69. The Kier molecular flexibility index (Phi) is 4.14. The zero-order valence-electron chi connectivity index (χ0n) is 12.3. The van der Waals surface area contributed by atoms with E-state index in [2.05, 4.69) is 17.3 Å². The van der Waals surface area contributed by atoms with Crippen molar-refractivity contribution in [1.29, 1.82) is 0 Å². The van der Waals surface area contributed by atoms with E-state index in [0.717, 1.165) is 65.1 Å². The molecule has 0 atom stereocenters. The van der Waals surface area contributed by atoms with Gasteiger partial charge in [0, 0.05) is 45.1 Å². The zero-order chi connectivity index (χ0) is 14.0. The molecule has 0 aromatic carbocycles. The number of likely N-dealkylation sites (N-methyl/N-ethyl adjacent to an activating group) is 1. The number of urea groups is 1. The molecule has 2 heterocycles. The molecule has 2 amide bonds. The average molecular weight is 283 g/mol. The maximum absolute atomic E-state index is 11.5. The SMILES string of the molecule is CN(CCN1CCNC1=O)C1CCC2(CC1)OCCO2. The van der Waals surface area contributed by atoms with Crippen LogP contribution in [-0.4, -0.2) is 74.1 Å². The van der Waals surface area contributed by atoms with Gasteiger partial charge in [0.05, 0.1) is 13.2 Å². The fraction of sp³-hybridized carbons (Fsp3) is 0.929. The van der Waals surface area contributed by atoms with Crippen LogP contribution in [0, 0.1) is 0 Å². The number of carbonyl (C=O) groups is 1. The van der Waals surface area contributed by atoms with Crippen LogP contribution in [0.15, 0.2) is 0 Å². The fourth-order valence-corrected chi connectivity index (χ4v) is 3.45. The first-order valence-electron chi connectivity index (χ1n) is 7.69. The third-order valence-electron chi connectivity index (χ3n) is 4.82. The molecule has 2 aliphatic heterocycles. The van der Waals surface area contributed by atoms with E-state index in [9.17, 15) is 4.79 Å². The molecule has 20 heavy (non-hydrogen) atoms. The highest BCUT2D eigenvalue weighted by molar-refractivity contribution is 5.76. The van der Waals surface area contributed by atoms with Gasteiger partial charge in [-0.15, -0.1) is 0 Å². The molecule has 0 aromatic heterocycles. The molecule has 0 aromatic rings. The van der Waals surface area contributed by atoms with E-state index >= 15 is 0 Å². The lowest BCUT2D eigenvalue weighted by Gasteiger charge is -2.39. The van der Waals surface area contributed by atoms with Crippen molar-refractivity contribution in [2.24, 2.45) is 0 Å². The maximum atomic E-state index is 11.5. The predicted octanol–water partition coefficient (Wildman–Crippen LogP) is 0.629. The van der Waals surface area contributed by atoms with Gasteiger partial charge in [0.15, 0.2) is 5.79 Å². The first-order valence-corrected chi connectivity index (χ1v) is 7.69. The Bertz CT molecular complexity index is 348. The van der Waals surface area contributed by atoms with Crippen LogP contribution in [-0.2, 0) is 9.47 Å². The van der Waals surface area contributed by atoms with E-state index in [1.54, 1.807) is 0 Å². The number of ether oxygens (including phenoxy) is 2. The summed E-state index contributed by atoms with van der Waals surface area (Å²) in [6.07, 6.45) is 4.21. The monoisotopic (exact) mass is 283 g/mol. The first kappa shape index (κ1) is 14.1. The standard InChI is InChI=1S/C14H25N3O3/c1-16(8-9-17-7-6-15-13(17)18)12-2-4-14(5-3-12)19-10-11-20-14/h12H,2-11H2,1H3,(H,15,18). The highest BCUT2D eigenvalue weighted by Crippen LogP contribution is 2.36. The molecule has 1 spiro atoms. The number of nitrogens with one attached hydrogen (secondary N) is 1. The predicted molar refractivity (Wildman–Crippen MR) is 74.5 cm³/mol. The molecule has 114 valence electrons. The Morgan fingerprint density at radius 3 is 2.65 bits per heavy atom. The zero-order valence-corrected chi connectivity index (χ0v) is 12.3. The molecule has 0 radical (unpaired) electrons. The Labute approximate surface area is 120 Å². The van der Waals surface area contributed by atoms with Crippen LogP contribution in [0.4, 0.5) is 4.79 Å². The maximum Gasteiger partial charge on any atom is 0.317 e. The van der Waals surface area contributed by atoms with Gasteiger partial charge in [-0.1, -0.05) is 0 Å². The van der Waals surface area contributed by atoms with E-state index in [1.165, 1.54) is 0 Å². The van der Waals surface area contributed by atoms with Crippen LogP contribution in [0.2, 0.25) is 0 Å².